The van der Waals surface area contributed by atoms with Crippen LogP contribution >= 0.6 is 11.5 Å². The molecule has 1 aromatic rings. The Morgan fingerprint density at radius 2 is 2.12 bits per heavy atom. The molecule has 1 aliphatic rings. The summed E-state index contributed by atoms with van der Waals surface area (Å²) in [5, 5.41) is 2.35. The minimum absolute atomic E-state index is 0.169. The highest BCUT2D eigenvalue weighted by Crippen LogP contribution is 2.39. The molecule has 0 bridgehead atoms. The van der Waals surface area contributed by atoms with Gasteiger partial charge in [0.15, 0.2) is 0 Å². The first-order valence-electron chi connectivity index (χ1n) is 4.72. The summed E-state index contributed by atoms with van der Waals surface area (Å²) < 4.78 is 52.7. The number of nitrogens with zero attached hydrogens (tertiary/aromatic N) is 2. The zero-order valence-corrected chi connectivity index (χ0v) is 8.91. The average molecular weight is 255 g/mol. The average Bonchev–Trinajstić information content (AvgIpc) is 2.95. The fourth-order valence-corrected chi connectivity index (χ4v) is 1.73. The number of halogens is 4. The highest BCUT2D eigenvalue weighted by molar-refractivity contribution is 7.09. The van der Waals surface area contributed by atoms with Crippen LogP contribution in [0.5, 0.6) is 0 Å². The number of hydrogen-bond donors (Lipinski definition) is 1. The lowest BCUT2D eigenvalue weighted by molar-refractivity contribution is -0.117. The molecule has 0 spiro atoms. The first kappa shape index (κ1) is 11.6. The molecule has 0 aromatic carbocycles. The minimum atomic E-state index is -4.04. The lowest BCUT2D eigenvalue weighted by Gasteiger charge is -2.14. The van der Waals surface area contributed by atoms with Crippen molar-refractivity contribution in [2.45, 2.75) is 31.1 Å². The number of alkyl halides is 4. The zero-order chi connectivity index (χ0) is 11.8. The van der Waals surface area contributed by atoms with Gasteiger partial charge in [0, 0.05) is 17.5 Å². The second-order valence-corrected chi connectivity index (χ2v) is 4.40. The summed E-state index contributed by atoms with van der Waals surface area (Å²) in [5.41, 5.74) is 0. The van der Waals surface area contributed by atoms with E-state index in [1.54, 1.807) is 0 Å². The molecule has 1 aliphatic carbocycles. The van der Waals surface area contributed by atoms with Crippen molar-refractivity contribution in [1.29, 1.82) is 0 Å². The van der Waals surface area contributed by atoms with Gasteiger partial charge in [0.2, 0.25) is 5.13 Å². The summed E-state index contributed by atoms with van der Waals surface area (Å²) in [6, 6.07) is 0. The fourth-order valence-electron chi connectivity index (χ4n) is 1.08. The highest BCUT2D eigenvalue weighted by Gasteiger charge is 2.40. The van der Waals surface area contributed by atoms with Gasteiger partial charge >= 0.3 is 12.3 Å². The molecule has 90 valence electrons. The van der Waals surface area contributed by atoms with Gasteiger partial charge in [-0.3, -0.25) is 0 Å². The lowest BCUT2D eigenvalue weighted by atomic mass is 10.3. The van der Waals surface area contributed by atoms with Crippen LogP contribution in [0, 0.1) is 0 Å². The monoisotopic (exact) mass is 255 g/mol. The van der Waals surface area contributed by atoms with E-state index >= 15 is 0 Å². The summed E-state index contributed by atoms with van der Waals surface area (Å²) in [7, 11) is 0. The highest BCUT2D eigenvalue weighted by atomic mass is 32.1. The van der Waals surface area contributed by atoms with Gasteiger partial charge in [-0.05, 0) is 12.8 Å². The van der Waals surface area contributed by atoms with E-state index < -0.39 is 18.9 Å². The quantitative estimate of drug-likeness (QED) is 0.822. The van der Waals surface area contributed by atoms with Crippen molar-refractivity contribution in [2.24, 2.45) is 0 Å². The van der Waals surface area contributed by atoms with E-state index in [4.69, 9.17) is 0 Å². The van der Waals surface area contributed by atoms with Gasteiger partial charge in [-0.2, -0.15) is 13.2 Å². The van der Waals surface area contributed by atoms with Crippen LogP contribution in [-0.2, 0) is 0 Å². The van der Waals surface area contributed by atoms with E-state index in [0.717, 1.165) is 24.4 Å². The molecule has 1 saturated carbocycles. The molecule has 0 radical (unpaired) electrons. The molecule has 1 aromatic heterocycles. The maximum absolute atomic E-state index is 12.6. The van der Waals surface area contributed by atoms with Crippen molar-refractivity contribution in [3.63, 3.8) is 0 Å². The predicted molar refractivity (Wildman–Crippen MR) is 51.3 cm³/mol. The van der Waals surface area contributed by atoms with Crippen LogP contribution in [-0.4, -0.2) is 28.3 Å². The second kappa shape index (κ2) is 4.15. The first-order chi connectivity index (χ1) is 7.49. The normalized spacial score (nSPS) is 16.8. The molecule has 8 heteroatoms. The zero-order valence-electron chi connectivity index (χ0n) is 8.09. The van der Waals surface area contributed by atoms with Gasteiger partial charge in [0.05, 0.1) is 6.54 Å². The molecule has 3 nitrogen and oxygen atoms in total. The Balaban J connectivity index is 1.89. The Morgan fingerprint density at radius 3 is 2.69 bits per heavy atom. The van der Waals surface area contributed by atoms with E-state index in [0.29, 0.717) is 11.7 Å². The Hall–Kier alpha value is -0.920. The molecule has 16 heavy (non-hydrogen) atoms. The minimum Gasteiger partial charge on any atom is -0.354 e. The Kier molecular flexibility index (Phi) is 3.00. The molecule has 0 saturated heterocycles. The van der Waals surface area contributed by atoms with Crippen molar-refractivity contribution >= 4 is 16.7 Å². The van der Waals surface area contributed by atoms with Crippen LogP contribution in [0.3, 0.4) is 0 Å². The van der Waals surface area contributed by atoms with Crippen LogP contribution < -0.4 is 5.32 Å². The van der Waals surface area contributed by atoms with Crippen molar-refractivity contribution in [3.05, 3.63) is 5.82 Å². The van der Waals surface area contributed by atoms with Gasteiger partial charge in [-0.25, -0.2) is 13.8 Å². The largest absolute Gasteiger partial charge is 0.354 e. The topological polar surface area (TPSA) is 37.8 Å². The van der Waals surface area contributed by atoms with Crippen LogP contribution in [0.15, 0.2) is 0 Å². The Morgan fingerprint density at radius 1 is 1.44 bits per heavy atom. The van der Waals surface area contributed by atoms with Gasteiger partial charge in [0.1, 0.15) is 5.82 Å². The molecule has 0 atom stereocenters. The molecule has 0 amide bonds. The number of nitrogens with one attached hydrogen (secondary N) is 1. The summed E-state index contributed by atoms with van der Waals surface area (Å²) in [6.07, 6.45) is -1.66. The van der Waals surface area contributed by atoms with Crippen molar-refractivity contribution in [3.8, 4) is 0 Å². The molecule has 1 fully saturated rings. The Bertz CT molecular complexity index is 364. The number of rotatable bonds is 5. The smallest absolute Gasteiger partial charge is 0.324 e. The summed E-state index contributed by atoms with van der Waals surface area (Å²) >= 11 is 0.920. The number of anilines is 1. The maximum Gasteiger partial charge on any atom is 0.324 e. The molecule has 2 rings (SSSR count). The Labute approximate surface area is 93.0 Å². The van der Waals surface area contributed by atoms with Crippen LogP contribution in [0.25, 0.3) is 0 Å². The predicted octanol–water partition coefficient (Wildman–Crippen LogP) is 2.73. The summed E-state index contributed by atoms with van der Waals surface area (Å²) in [5.74, 6) is -3.10. The lowest BCUT2D eigenvalue weighted by Crippen LogP contribution is -2.34. The van der Waals surface area contributed by atoms with Crippen molar-refractivity contribution < 1.29 is 17.6 Å². The van der Waals surface area contributed by atoms with Gasteiger partial charge in [0.25, 0.3) is 0 Å². The van der Waals surface area contributed by atoms with E-state index in [2.05, 4.69) is 14.7 Å². The van der Waals surface area contributed by atoms with E-state index in [1.807, 2.05) is 0 Å². The SMILES string of the molecule is FC(F)C(F)(F)CNc1nc(C2CC2)ns1. The number of hydrogen-bond acceptors (Lipinski definition) is 4. The third-order valence-electron chi connectivity index (χ3n) is 2.18. The first-order valence-corrected chi connectivity index (χ1v) is 5.50. The van der Waals surface area contributed by atoms with Crippen molar-refractivity contribution in [2.75, 3.05) is 11.9 Å². The second-order valence-electron chi connectivity index (χ2n) is 3.65. The van der Waals surface area contributed by atoms with Crippen LogP contribution in [0.2, 0.25) is 0 Å². The van der Waals surface area contributed by atoms with Gasteiger partial charge in [-0.15, -0.1) is 0 Å². The molecule has 1 N–H and O–H groups in total. The van der Waals surface area contributed by atoms with Crippen molar-refractivity contribution in [1.82, 2.24) is 9.36 Å². The fraction of sp³-hybridized carbons (Fsp3) is 0.750. The number of aromatic nitrogens is 2. The summed E-state index contributed by atoms with van der Waals surface area (Å²) in [4.78, 5) is 3.95. The summed E-state index contributed by atoms with van der Waals surface area (Å²) in [6.45, 7) is -1.12. The van der Waals surface area contributed by atoms with Gasteiger partial charge in [-0.1, -0.05) is 0 Å². The molecular weight excluding hydrogens is 246 g/mol. The van der Waals surface area contributed by atoms with E-state index in [9.17, 15) is 17.6 Å². The van der Waals surface area contributed by atoms with Crippen LogP contribution in [0.4, 0.5) is 22.7 Å². The third-order valence-corrected chi connectivity index (χ3v) is 2.87. The third kappa shape index (κ3) is 2.60. The van der Waals surface area contributed by atoms with E-state index in [1.165, 1.54) is 0 Å². The van der Waals surface area contributed by atoms with Gasteiger partial charge < -0.3 is 5.32 Å². The molecule has 0 aliphatic heterocycles. The maximum atomic E-state index is 12.6. The molecule has 1 heterocycles. The molecule has 0 unspecified atom stereocenters. The molecular formula is C8H9F4N3S. The van der Waals surface area contributed by atoms with E-state index in [-0.39, 0.29) is 5.13 Å². The standard InChI is InChI=1S/C8H9F4N3S/c9-6(10)8(11,12)3-13-7-14-5(15-16-7)4-1-2-4/h4,6H,1-3H2,(H,13,14,15). The van der Waals surface area contributed by atoms with Crippen LogP contribution in [0.1, 0.15) is 24.6 Å².